The van der Waals surface area contributed by atoms with Gasteiger partial charge in [0.1, 0.15) is 0 Å². The van der Waals surface area contributed by atoms with Crippen molar-refractivity contribution in [3.05, 3.63) is 35.6 Å². The maximum absolute atomic E-state index is 12.1. The Morgan fingerprint density at radius 1 is 1.50 bits per heavy atom. The van der Waals surface area contributed by atoms with Crippen molar-refractivity contribution in [3.63, 3.8) is 0 Å². The Kier molecular flexibility index (Phi) is 7.73. The van der Waals surface area contributed by atoms with Gasteiger partial charge in [0.15, 0.2) is 0 Å². The number of rotatable bonds is 0. The smallest absolute Gasteiger partial charge is 1.00 e. The maximum Gasteiger partial charge on any atom is 2.00 e. The van der Waals surface area contributed by atoms with Crippen molar-refractivity contribution < 1.29 is 40.8 Å². The predicted molar refractivity (Wildman–Crippen MR) is 30.0 cm³/mol. The first kappa shape index (κ1) is 12.9. The van der Waals surface area contributed by atoms with Crippen LogP contribution in [0, 0.1) is 18.8 Å². The first-order chi connectivity index (χ1) is 3.79. The van der Waals surface area contributed by atoms with Crippen LogP contribution in [0.25, 0.3) is 0 Å². The Labute approximate surface area is 83.4 Å². The zero-order chi connectivity index (χ0) is 5.98. The number of aryl methyl sites for hydroxylation is 1. The summed E-state index contributed by atoms with van der Waals surface area (Å²) in [6, 6.07) is 7.23. The molecule has 1 aromatic rings. The first-order valence-corrected chi connectivity index (χ1v) is 2.43. The zero-order valence-electron chi connectivity index (χ0n) is 5.70. The van der Waals surface area contributed by atoms with Crippen LogP contribution < -0.4 is 17.0 Å². The molecular weight excluding hydrogens is 248 g/mol. The molecule has 0 saturated heterocycles. The van der Waals surface area contributed by atoms with Crippen LogP contribution >= 0.6 is 0 Å². The van der Waals surface area contributed by atoms with Crippen LogP contribution in [-0.4, -0.2) is 0 Å². The molecule has 1 rings (SSSR count). The summed E-state index contributed by atoms with van der Waals surface area (Å²) in [6.45, 7) is 1.81. The van der Waals surface area contributed by atoms with E-state index in [4.69, 9.17) is 0 Å². The molecule has 0 heterocycles. The van der Waals surface area contributed by atoms with Gasteiger partial charge in [0.2, 0.25) is 0 Å². The average molecular weight is 254 g/mol. The number of benzene rings is 1. The molecule has 0 N–H and O–H groups in total. The van der Waals surface area contributed by atoms with Crippen LogP contribution in [0.1, 0.15) is 5.56 Å². The minimum Gasteiger partial charge on any atom is -1.00 e. The fourth-order valence-electron chi connectivity index (χ4n) is 0.549. The van der Waals surface area contributed by atoms with E-state index in [2.05, 4.69) is 6.07 Å². The van der Waals surface area contributed by atoms with Gasteiger partial charge in [-0.15, -0.1) is 12.1 Å². The van der Waals surface area contributed by atoms with E-state index in [-0.39, 0.29) is 42.3 Å². The molecule has 0 aliphatic carbocycles. The van der Waals surface area contributed by atoms with Crippen molar-refractivity contribution in [3.8, 4) is 0 Å². The molecule has 50 valence electrons. The number of halogens is 2. The zero-order valence-corrected chi connectivity index (χ0v) is 10.2. The molecule has 10 heavy (non-hydrogen) atoms. The van der Waals surface area contributed by atoms with Gasteiger partial charge in [0.05, 0.1) is 0 Å². The summed E-state index contributed by atoms with van der Waals surface area (Å²) < 4.78 is 12.1. The Hall–Kier alpha value is 0.253. The Morgan fingerprint density at radius 3 is 2.40 bits per heavy atom. The summed E-state index contributed by atoms with van der Waals surface area (Å²) >= 11 is 0. The summed E-state index contributed by atoms with van der Waals surface area (Å²) in [7, 11) is 0. The summed E-state index contributed by atoms with van der Waals surface area (Å²) in [6.07, 6.45) is 0. The van der Waals surface area contributed by atoms with E-state index in [0.717, 1.165) is 5.56 Å². The van der Waals surface area contributed by atoms with Gasteiger partial charge in [-0.25, -0.2) is 4.39 Å². The van der Waals surface area contributed by atoms with Crippen molar-refractivity contribution in [1.82, 2.24) is 0 Å². The molecule has 0 unspecified atom stereocenters. The van der Waals surface area contributed by atoms with Gasteiger partial charge in [-0.3, -0.25) is 0 Å². The van der Waals surface area contributed by atoms with Crippen molar-refractivity contribution in [2.45, 2.75) is 6.92 Å². The summed E-state index contributed by atoms with van der Waals surface area (Å²) in [5.41, 5.74) is 0.838. The van der Waals surface area contributed by atoms with Crippen LogP contribution in [0.3, 0.4) is 0 Å². The number of hydrogen-bond donors (Lipinski definition) is 0. The molecule has 0 bridgehead atoms. The standard InChI is InChI=1S/C7H6F.BrH.Zn/c1-6-3-2-4-7(8)5-6;;/h2,4-5H,1H3;1H;/q-1;;+2/p-1. The molecule has 0 radical (unpaired) electrons. The molecular formula is C7H6BrFZn. The fourth-order valence-corrected chi connectivity index (χ4v) is 0.549. The second-order valence-corrected chi connectivity index (χ2v) is 1.69. The Balaban J connectivity index is 0. The molecule has 0 saturated carbocycles. The monoisotopic (exact) mass is 252 g/mol. The SMILES string of the molecule is Cc1[c-]ccc(F)c1.[Br-].[Zn+2]. The van der Waals surface area contributed by atoms with Crippen LogP contribution in [0.4, 0.5) is 4.39 Å². The van der Waals surface area contributed by atoms with E-state index in [1.54, 1.807) is 6.07 Å². The van der Waals surface area contributed by atoms with Gasteiger partial charge < -0.3 is 17.0 Å². The van der Waals surface area contributed by atoms with E-state index in [0.29, 0.717) is 0 Å². The Bertz CT molecular complexity index is 173. The van der Waals surface area contributed by atoms with Gasteiger partial charge in [-0.05, 0) is 0 Å². The molecule has 0 aromatic heterocycles. The Morgan fingerprint density at radius 2 is 2.10 bits per heavy atom. The summed E-state index contributed by atoms with van der Waals surface area (Å²) in [5.74, 6) is -0.193. The third kappa shape index (κ3) is 4.13. The third-order valence-corrected chi connectivity index (χ3v) is 0.908. The molecule has 3 heteroatoms. The van der Waals surface area contributed by atoms with Gasteiger partial charge in [0, 0.05) is 5.82 Å². The van der Waals surface area contributed by atoms with Crippen LogP contribution in [0.2, 0.25) is 0 Å². The fraction of sp³-hybridized carbons (Fsp3) is 0.143. The van der Waals surface area contributed by atoms with E-state index < -0.39 is 0 Å². The van der Waals surface area contributed by atoms with Gasteiger partial charge in [-0.2, -0.15) is 17.7 Å². The largest absolute Gasteiger partial charge is 2.00 e. The molecule has 0 aliphatic heterocycles. The second-order valence-electron chi connectivity index (χ2n) is 1.69. The van der Waals surface area contributed by atoms with Crippen LogP contribution in [0.5, 0.6) is 0 Å². The maximum atomic E-state index is 12.1. The molecule has 0 spiro atoms. The summed E-state index contributed by atoms with van der Waals surface area (Å²) in [4.78, 5) is 0. The van der Waals surface area contributed by atoms with Crippen molar-refractivity contribution >= 4 is 0 Å². The van der Waals surface area contributed by atoms with Gasteiger partial charge >= 0.3 is 19.5 Å². The van der Waals surface area contributed by atoms with E-state index >= 15 is 0 Å². The van der Waals surface area contributed by atoms with E-state index in [9.17, 15) is 4.39 Å². The molecule has 1 aromatic carbocycles. The molecule has 0 nitrogen and oxygen atoms in total. The predicted octanol–water partition coefficient (Wildman–Crippen LogP) is -1.06. The third-order valence-electron chi connectivity index (χ3n) is 0.908. The molecule has 0 atom stereocenters. The molecule has 0 fully saturated rings. The van der Waals surface area contributed by atoms with Crippen molar-refractivity contribution in [2.75, 3.05) is 0 Å². The van der Waals surface area contributed by atoms with Crippen LogP contribution in [-0.2, 0) is 19.5 Å². The van der Waals surface area contributed by atoms with E-state index in [1.807, 2.05) is 6.92 Å². The molecule has 0 aliphatic rings. The average Bonchev–Trinajstić information content (AvgIpc) is 1.64. The first-order valence-electron chi connectivity index (χ1n) is 2.43. The van der Waals surface area contributed by atoms with Crippen molar-refractivity contribution in [2.24, 2.45) is 0 Å². The normalized spacial score (nSPS) is 7.40. The van der Waals surface area contributed by atoms with Crippen LogP contribution in [0.15, 0.2) is 18.2 Å². The van der Waals surface area contributed by atoms with Gasteiger partial charge in [0.25, 0.3) is 0 Å². The number of hydrogen-bond acceptors (Lipinski definition) is 0. The minimum absolute atomic E-state index is 0. The second kappa shape index (κ2) is 6.00. The quantitative estimate of drug-likeness (QED) is 0.409. The van der Waals surface area contributed by atoms with E-state index in [1.165, 1.54) is 12.1 Å². The van der Waals surface area contributed by atoms with Crippen molar-refractivity contribution in [1.29, 1.82) is 0 Å². The topological polar surface area (TPSA) is 0 Å². The summed E-state index contributed by atoms with van der Waals surface area (Å²) in [5, 5.41) is 0. The molecule has 0 amide bonds. The minimum atomic E-state index is -0.193. The van der Waals surface area contributed by atoms with Gasteiger partial charge in [-0.1, -0.05) is 6.92 Å².